The summed E-state index contributed by atoms with van der Waals surface area (Å²) in [6, 6.07) is 12.6. The Labute approximate surface area is 192 Å². The van der Waals surface area contributed by atoms with Crippen LogP contribution >= 0.6 is 0 Å². The van der Waals surface area contributed by atoms with Gasteiger partial charge in [-0.3, -0.25) is 0 Å². The van der Waals surface area contributed by atoms with Crippen LogP contribution in [0.3, 0.4) is 0 Å². The lowest BCUT2D eigenvalue weighted by Crippen LogP contribution is -2.07. The zero-order valence-electron chi connectivity index (χ0n) is 18.9. The molecule has 3 aromatic carbocycles. The van der Waals surface area contributed by atoms with E-state index < -0.39 is 5.97 Å². The van der Waals surface area contributed by atoms with Crippen molar-refractivity contribution in [3.05, 3.63) is 65.7 Å². The second kappa shape index (κ2) is 9.99. The van der Waals surface area contributed by atoms with Gasteiger partial charge >= 0.3 is 5.97 Å². The number of carboxylic acid groups (broad SMARTS) is 1. The van der Waals surface area contributed by atoms with Crippen molar-refractivity contribution < 1.29 is 34.3 Å². The average Bonchev–Trinajstić information content (AvgIpc) is 2.78. The van der Waals surface area contributed by atoms with Crippen LogP contribution < -0.4 is 14.2 Å². The van der Waals surface area contributed by atoms with Crippen molar-refractivity contribution in [3.8, 4) is 51.0 Å². The van der Waals surface area contributed by atoms with Gasteiger partial charge in [0.25, 0.3) is 0 Å². The number of rotatable bonds is 8. The molecule has 0 atom stereocenters. The molecule has 7 nitrogen and oxygen atoms in total. The summed E-state index contributed by atoms with van der Waals surface area (Å²) >= 11 is 0. The topological polar surface area (TPSA) is 105 Å². The molecular weight excluding hydrogens is 424 g/mol. The molecule has 0 spiro atoms. The SMILES string of the molecule is COc1cc(-c2ccc(O)cc2)c(OC)c(C(=O)O)c1-c1ccc(OCC=C(C)C)c(O)c1. The minimum Gasteiger partial charge on any atom is -0.508 e. The molecule has 3 N–H and O–H groups in total. The zero-order chi connectivity index (χ0) is 24.1. The number of aromatic hydroxyl groups is 2. The van der Waals surface area contributed by atoms with Gasteiger partial charge in [-0.1, -0.05) is 23.8 Å². The number of hydrogen-bond donors (Lipinski definition) is 3. The van der Waals surface area contributed by atoms with Gasteiger partial charge in [-0.2, -0.15) is 0 Å². The van der Waals surface area contributed by atoms with E-state index in [4.69, 9.17) is 14.2 Å². The van der Waals surface area contributed by atoms with Crippen LogP contribution in [0.4, 0.5) is 0 Å². The van der Waals surface area contributed by atoms with Crippen LogP contribution in [-0.2, 0) is 0 Å². The molecule has 0 fully saturated rings. The summed E-state index contributed by atoms with van der Waals surface area (Å²) in [5.74, 6) is -0.568. The van der Waals surface area contributed by atoms with E-state index in [0.29, 0.717) is 23.3 Å². The number of hydrogen-bond acceptors (Lipinski definition) is 6. The molecule has 0 heterocycles. The van der Waals surface area contributed by atoms with Crippen LogP contribution in [0, 0.1) is 0 Å². The van der Waals surface area contributed by atoms with E-state index in [-0.39, 0.29) is 39.9 Å². The number of ether oxygens (including phenoxy) is 3. The molecule has 0 radical (unpaired) electrons. The maximum Gasteiger partial charge on any atom is 0.340 e. The van der Waals surface area contributed by atoms with Crippen molar-refractivity contribution in [3.63, 3.8) is 0 Å². The molecule has 0 bridgehead atoms. The zero-order valence-corrected chi connectivity index (χ0v) is 18.9. The fourth-order valence-corrected chi connectivity index (χ4v) is 3.45. The van der Waals surface area contributed by atoms with Crippen LogP contribution in [-0.4, -0.2) is 42.1 Å². The highest BCUT2D eigenvalue weighted by atomic mass is 16.5. The van der Waals surface area contributed by atoms with Crippen molar-refractivity contribution in [1.82, 2.24) is 0 Å². The molecule has 172 valence electrons. The van der Waals surface area contributed by atoms with Gasteiger partial charge in [0, 0.05) is 11.1 Å². The van der Waals surface area contributed by atoms with E-state index in [1.165, 1.54) is 32.4 Å². The number of benzene rings is 3. The lowest BCUT2D eigenvalue weighted by Gasteiger charge is -2.19. The fourth-order valence-electron chi connectivity index (χ4n) is 3.45. The Kier molecular flexibility index (Phi) is 7.13. The fraction of sp³-hybridized carbons (Fsp3) is 0.192. The second-order valence-electron chi connectivity index (χ2n) is 7.54. The first-order valence-corrected chi connectivity index (χ1v) is 10.2. The quantitative estimate of drug-likeness (QED) is 0.390. The molecule has 0 aliphatic rings. The van der Waals surface area contributed by atoms with E-state index >= 15 is 0 Å². The van der Waals surface area contributed by atoms with Crippen LogP contribution in [0.5, 0.6) is 28.7 Å². The molecule has 0 aliphatic carbocycles. The van der Waals surface area contributed by atoms with Crippen LogP contribution in [0.25, 0.3) is 22.3 Å². The highest BCUT2D eigenvalue weighted by Crippen LogP contribution is 2.46. The van der Waals surface area contributed by atoms with Gasteiger partial charge in [0.15, 0.2) is 11.5 Å². The number of phenolic OH excluding ortho intramolecular Hbond substituents is 2. The third-order valence-corrected chi connectivity index (χ3v) is 5.04. The first-order valence-electron chi connectivity index (χ1n) is 10.2. The molecular formula is C26H26O7. The summed E-state index contributed by atoms with van der Waals surface area (Å²) in [7, 11) is 2.83. The van der Waals surface area contributed by atoms with Crippen molar-refractivity contribution in [2.24, 2.45) is 0 Å². The average molecular weight is 450 g/mol. The largest absolute Gasteiger partial charge is 0.508 e. The summed E-state index contributed by atoms with van der Waals surface area (Å²) in [5, 5.41) is 30.2. The molecule has 3 rings (SSSR count). The van der Waals surface area contributed by atoms with Crippen molar-refractivity contribution in [2.75, 3.05) is 20.8 Å². The Hall–Kier alpha value is -4.13. The predicted molar refractivity (Wildman–Crippen MR) is 126 cm³/mol. The van der Waals surface area contributed by atoms with Gasteiger partial charge in [-0.15, -0.1) is 0 Å². The molecule has 0 saturated heterocycles. The molecule has 0 aliphatic heterocycles. The van der Waals surface area contributed by atoms with Gasteiger partial charge in [0.05, 0.1) is 14.2 Å². The van der Waals surface area contributed by atoms with E-state index in [1.54, 1.807) is 30.3 Å². The molecule has 3 aromatic rings. The van der Waals surface area contributed by atoms with Gasteiger partial charge in [0.1, 0.15) is 29.4 Å². The number of aromatic carboxylic acids is 1. The maximum atomic E-state index is 12.4. The number of methoxy groups -OCH3 is 2. The number of carbonyl (C=O) groups is 1. The highest BCUT2D eigenvalue weighted by molar-refractivity contribution is 6.04. The third-order valence-electron chi connectivity index (χ3n) is 5.04. The summed E-state index contributed by atoms with van der Waals surface area (Å²) in [6.45, 7) is 4.19. The van der Waals surface area contributed by atoms with Crippen LogP contribution in [0.2, 0.25) is 0 Å². The Bertz CT molecular complexity index is 1190. The molecule has 0 saturated carbocycles. The smallest absolute Gasteiger partial charge is 0.340 e. The van der Waals surface area contributed by atoms with Crippen molar-refractivity contribution >= 4 is 5.97 Å². The normalized spacial score (nSPS) is 10.4. The standard InChI is InChI=1S/C26H26O7/c1-15(2)11-12-33-21-10-7-17(13-20(21)28)23-22(31-3)14-19(16-5-8-18(27)9-6-16)25(32-4)24(23)26(29)30/h5-11,13-14,27-28H,12H2,1-4H3,(H,29,30). The van der Waals surface area contributed by atoms with Crippen LogP contribution in [0.15, 0.2) is 60.2 Å². The summed E-state index contributed by atoms with van der Waals surface area (Å²) in [6.07, 6.45) is 1.88. The molecule has 0 aromatic heterocycles. The summed E-state index contributed by atoms with van der Waals surface area (Å²) in [5.41, 5.74) is 2.78. The first kappa shape index (κ1) is 23.5. The molecule has 0 unspecified atom stereocenters. The first-order chi connectivity index (χ1) is 15.8. The Morgan fingerprint density at radius 2 is 1.58 bits per heavy atom. The molecule has 0 amide bonds. The maximum absolute atomic E-state index is 12.4. The van der Waals surface area contributed by atoms with Crippen LogP contribution in [0.1, 0.15) is 24.2 Å². The molecule has 33 heavy (non-hydrogen) atoms. The predicted octanol–water partition coefficient (Wildman–Crippen LogP) is 5.49. The van der Waals surface area contributed by atoms with E-state index in [0.717, 1.165) is 5.57 Å². The Morgan fingerprint density at radius 1 is 0.909 bits per heavy atom. The number of allylic oxidation sites excluding steroid dienone is 1. The van der Waals surface area contributed by atoms with Gasteiger partial charge in [-0.25, -0.2) is 4.79 Å². The van der Waals surface area contributed by atoms with Gasteiger partial charge < -0.3 is 29.5 Å². The minimum absolute atomic E-state index is 0.0853. The summed E-state index contributed by atoms with van der Waals surface area (Å²) in [4.78, 5) is 12.4. The monoisotopic (exact) mass is 450 g/mol. The second-order valence-corrected chi connectivity index (χ2v) is 7.54. The van der Waals surface area contributed by atoms with Crippen molar-refractivity contribution in [1.29, 1.82) is 0 Å². The van der Waals surface area contributed by atoms with E-state index in [2.05, 4.69) is 0 Å². The van der Waals surface area contributed by atoms with Gasteiger partial charge in [-0.05, 0) is 61.4 Å². The lowest BCUT2D eigenvalue weighted by atomic mass is 9.92. The van der Waals surface area contributed by atoms with Crippen molar-refractivity contribution in [2.45, 2.75) is 13.8 Å². The van der Waals surface area contributed by atoms with E-state index in [9.17, 15) is 20.1 Å². The van der Waals surface area contributed by atoms with E-state index in [1.807, 2.05) is 19.9 Å². The Morgan fingerprint density at radius 3 is 2.12 bits per heavy atom. The number of phenols is 2. The minimum atomic E-state index is -1.22. The summed E-state index contributed by atoms with van der Waals surface area (Å²) < 4.78 is 16.7. The number of carboxylic acids is 1. The third kappa shape index (κ3) is 5.03. The Balaban J connectivity index is 2.19. The molecule has 7 heteroatoms. The van der Waals surface area contributed by atoms with Gasteiger partial charge in [0.2, 0.25) is 0 Å². The highest BCUT2D eigenvalue weighted by Gasteiger charge is 2.27. The lowest BCUT2D eigenvalue weighted by molar-refractivity contribution is 0.0694.